The molecule has 3 aromatic rings. The lowest BCUT2D eigenvalue weighted by atomic mass is 10.1. The minimum Gasteiger partial charge on any atom is -0.481 e. The van der Waals surface area contributed by atoms with Gasteiger partial charge in [-0.05, 0) is 24.6 Å². The van der Waals surface area contributed by atoms with Gasteiger partial charge in [-0.15, -0.1) is 11.3 Å². The van der Waals surface area contributed by atoms with Crippen molar-refractivity contribution in [3.63, 3.8) is 0 Å². The molecule has 2 aromatic heterocycles. The maximum absolute atomic E-state index is 12.6. The van der Waals surface area contributed by atoms with Crippen molar-refractivity contribution < 1.29 is 9.53 Å². The van der Waals surface area contributed by atoms with Gasteiger partial charge in [0.2, 0.25) is 5.88 Å². The molecule has 0 saturated heterocycles. The Labute approximate surface area is 149 Å². The number of likely N-dealkylation sites (N-methyl/N-ethyl adjacent to an activating group) is 1. The van der Waals surface area contributed by atoms with Crippen LogP contribution in [0.15, 0.2) is 30.3 Å². The van der Waals surface area contributed by atoms with Gasteiger partial charge in [0.25, 0.3) is 5.91 Å². The molecule has 0 atom stereocenters. The van der Waals surface area contributed by atoms with Gasteiger partial charge in [-0.2, -0.15) is 0 Å². The number of methoxy groups -OCH3 is 1. The zero-order valence-electron chi connectivity index (χ0n) is 14.1. The first-order chi connectivity index (χ1) is 12.1. The predicted octanol–water partition coefficient (Wildman–Crippen LogP) is 2.94. The van der Waals surface area contributed by atoms with Crippen molar-refractivity contribution in [2.45, 2.75) is 13.0 Å². The summed E-state index contributed by atoms with van der Waals surface area (Å²) in [6, 6.07) is 9.48. The second-order valence-electron chi connectivity index (χ2n) is 6.07. The number of pyridine rings is 1. The third-order valence-electron chi connectivity index (χ3n) is 4.27. The second-order valence-corrected chi connectivity index (χ2v) is 7.15. The van der Waals surface area contributed by atoms with Crippen LogP contribution in [0.5, 0.6) is 5.88 Å². The summed E-state index contributed by atoms with van der Waals surface area (Å²) in [4.78, 5) is 25.0. The summed E-state index contributed by atoms with van der Waals surface area (Å²) in [5.74, 6) is 0.173. The number of rotatable bonds is 3. The number of hydrogen-bond acceptors (Lipinski definition) is 6. The van der Waals surface area contributed by atoms with Crippen molar-refractivity contribution in [1.29, 1.82) is 0 Å². The quantitative estimate of drug-likeness (QED) is 0.783. The molecular formula is C18H18N4O2S. The molecule has 1 amide bonds. The normalized spacial score (nSPS) is 14.3. The standard InChI is InChI=1S/C18H18N4O2S/c1-22-8-7-13-15(10-22)25-18(20-13)21-16(23)14-9-11-5-3-4-6-12(11)17(19-14)24-2/h3-6,9H,7-8,10H2,1-2H3,(H,20,21,23). The van der Waals surface area contributed by atoms with E-state index in [1.54, 1.807) is 13.2 Å². The number of ether oxygens (including phenoxy) is 1. The molecule has 0 saturated carbocycles. The van der Waals surface area contributed by atoms with Crippen LogP contribution < -0.4 is 10.1 Å². The second kappa shape index (κ2) is 6.42. The molecule has 0 bridgehead atoms. The maximum Gasteiger partial charge on any atom is 0.276 e. The average molecular weight is 354 g/mol. The number of carbonyl (C=O) groups is 1. The van der Waals surface area contributed by atoms with Crippen LogP contribution in [-0.2, 0) is 13.0 Å². The molecule has 25 heavy (non-hydrogen) atoms. The van der Waals surface area contributed by atoms with Crippen LogP contribution in [0.1, 0.15) is 21.1 Å². The van der Waals surface area contributed by atoms with E-state index in [2.05, 4.69) is 27.2 Å². The predicted molar refractivity (Wildman–Crippen MR) is 98.4 cm³/mol. The fraction of sp³-hybridized carbons (Fsp3) is 0.278. The third kappa shape index (κ3) is 3.08. The Bertz CT molecular complexity index is 953. The molecule has 4 rings (SSSR count). The highest BCUT2D eigenvalue weighted by Crippen LogP contribution is 2.29. The highest BCUT2D eigenvalue weighted by atomic mass is 32.1. The van der Waals surface area contributed by atoms with Crippen molar-refractivity contribution in [3.8, 4) is 5.88 Å². The summed E-state index contributed by atoms with van der Waals surface area (Å²) in [6.07, 6.45) is 0.917. The number of fused-ring (bicyclic) bond motifs is 2. The van der Waals surface area contributed by atoms with Crippen LogP contribution in [0, 0.1) is 0 Å². The molecule has 3 heterocycles. The van der Waals surface area contributed by atoms with Gasteiger partial charge in [-0.25, -0.2) is 9.97 Å². The third-order valence-corrected chi connectivity index (χ3v) is 5.27. The van der Waals surface area contributed by atoms with Crippen LogP contribution in [0.25, 0.3) is 10.8 Å². The van der Waals surface area contributed by atoms with E-state index < -0.39 is 0 Å². The van der Waals surface area contributed by atoms with Crippen LogP contribution in [0.3, 0.4) is 0 Å². The largest absolute Gasteiger partial charge is 0.481 e. The molecule has 1 aliphatic heterocycles. The van der Waals surface area contributed by atoms with E-state index in [-0.39, 0.29) is 5.91 Å². The lowest BCUT2D eigenvalue weighted by Crippen LogP contribution is -2.25. The van der Waals surface area contributed by atoms with E-state index in [1.165, 1.54) is 16.2 Å². The van der Waals surface area contributed by atoms with Gasteiger partial charge in [0.15, 0.2) is 5.13 Å². The topological polar surface area (TPSA) is 67.3 Å². The maximum atomic E-state index is 12.6. The number of carbonyl (C=O) groups excluding carboxylic acids is 1. The highest BCUT2D eigenvalue weighted by molar-refractivity contribution is 7.15. The van der Waals surface area contributed by atoms with Gasteiger partial charge in [0.05, 0.1) is 12.8 Å². The summed E-state index contributed by atoms with van der Waals surface area (Å²) in [5.41, 5.74) is 1.41. The molecule has 0 radical (unpaired) electrons. The first kappa shape index (κ1) is 16.0. The summed E-state index contributed by atoms with van der Waals surface area (Å²) in [7, 11) is 3.65. The Balaban J connectivity index is 1.62. The van der Waals surface area contributed by atoms with E-state index in [0.717, 1.165) is 36.0 Å². The Morgan fingerprint density at radius 2 is 2.16 bits per heavy atom. The van der Waals surface area contributed by atoms with Gasteiger partial charge < -0.3 is 9.64 Å². The number of anilines is 1. The Morgan fingerprint density at radius 3 is 3.00 bits per heavy atom. The monoisotopic (exact) mass is 354 g/mol. The Kier molecular flexibility index (Phi) is 4.10. The summed E-state index contributed by atoms with van der Waals surface area (Å²) in [5, 5.41) is 5.30. The molecule has 1 N–H and O–H groups in total. The van der Waals surface area contributed by atoms with Crippen LogP contribution >= 0.6 is 11.3 Å². The zero-order valence-corrected chi connectivity index (χ0v) is 14.9. The van der Waals surface area contributed by atoms with E-state index >= 15 is 0 Å². The van der Waals surface area contributed by atoms with Crippen molar-refractivity contribution in [2.75, 3.05) is 26.0 Å². The minimum atomic E-state index is -0.275. The molecule has 6 nitrogen and oxygen atoms in total. The fourth-order valence-corrected chi connectivity index (χ4v) is 4.06. The van der Waals surface area contributed by atoms with Crippen LogP contribution in [0.4, 0.5) is 5.13 Å². The van der Waals surface area contributed by atoms with Gasteiger partial charge in [-0.3, -0.25) is 10.1 Å². The summed E-state index contributed by atoms with van der Waals surface area (Å²) in [6.45, 7) is 1.87. The molecular weight excluding hydrogens is 336 g/mol. The van der Waals surface area contributed by atoms with Crippen molar-refractivity contribution >= 4 is 33.1 Å². The Hall–Kier alpha value is -2.51. The van der Waals surface area contributed by atoms with Gasteiger partial charge in [0.1, 0.15) is 5.69 Å². The zero-order chi connectivity index (χ0) is 17.4. The molecule has 0 aliphatic carbocycles. The van der Waals surface area contributed by atoms with Crippen LogP contribution in [-0.4, -0.2) is 41.5 Å². The van der Waals surface area contributed by atoms with Gasteiger partial charge in [0, 0.05) is 29.8 Å². The number of hydrogen-bond donors (Lipinski definition) is 1. The number of thiazole rings is 1. The fourth-order valence-electron chi connectivity index (χ4n) is 2.98. The molecule has 0 spiro atoms. The molecule has 1 aliphatic rings. The number of aromatic nitrogens is 2. The number of nitrogens with zero attached hydrogens (tertiary/aromatic N) is 3. The van der Waals surface area contributed by atoms with Crippen LogP contribution in [0.2, 0.25) is 0 Å². The first-order valence-corrected chi connectivity index (χ1v) is 8.88. The van der Waals surface area contributed by atoms with Crippen molar-refractivity contribution in [1.82, 2.24) is 14.9 Å². The molecule has 0 unspecified atom stereocenters. The van der Waals surface area contributed by atoms with Crippen molar-refractivity contribution in [2.24, 2.45) is 0 Å². The molecule has 7 heteroatoms. The van der Waals surface area contributed by atoms with E-state index in [4.69, 9.17) is 4.74 Å². The lowest BCUT2D eigenvalue weighted by Gasteiger charge is -2.20. The summed E-state index contributed by atoms with van der Waals surface area (Å²) >= 11 is 1.53. The van der Waals surface area contributed by atoms with Gasteiger partial charge in [-0.1, -0.05) is 18.2 Å². The van der Waals surface area contributed by atoms with Gasteiger partial charge >= 0.3 is 0 Å². The summed E-state index contributed by atoms with van der Waals surface area (Å²) < 4.78 is 5.34. The number of benzene rings is 1. The molecule has 1 aromatic carbocycles. The first-order valence-electron chi connectivity index (χ1n) is 8.06. The van der Waals surface area contributed by atoms with Crippen molar-refractivity contribution in [3.05, 3.63) is 46.6 Å². The van der Waals surface area contributed by atoms with E-state index in [9.17, 15) is 4.79 Å². The smallest absolute Gasteiger partial charge is 0.276 e. The van der Waals surface area contributed by atoms with E-state index in [0.29, 0.717) is 16.7 Å². The molecule has 128 valence electrons. The average Bonchev–Trinajstić information content (AvgIpc) is 3.01. The number of nitrogens with one attached hydrogen (secondary N) is 1. The lowest BCUT2D eigenvalue weighted by molar-refractivity contribution is 0.102. The highest BCUT2D eigenvalue weighted by Gasteiger charge is 2.20. The molecule has 0 fully saturated rings. The Morgan fingerprint density at radius 1 is 1.32 bits per heavy atom. The van der Waals surface area contributed by atoms with E-state index in [1.807, 2.05) is 24.3 Å². The number of amides is 1. The minimum absolute atomic E-state index is 0.275. The SMILES string of the molecule is COc1nc(C(=O)Nc2nc3c(s2)CN(C)CC3)cc2ccccc12.